The first-order chi connectivity index (χ1) is 10.8. The second kappa shape index (κ2) is 6.64. The molecule has 0 aliphatic rings. The van der Waals surface area contributed by atoms with Crippen molar-refractivity contribution in [3.63, 3.8) is 0 Å². The fourth-order valence-corrected chi connectivity index (χ4v) is 1.96. The molecule has 0 amide bonds. The lowest BCUT2D eigenvalue weighted by Gasteiger charge is -1.96. The van der Waals surface area contributed by atoms with Crippen molar-refractivity contribution in [3.8, 4) is 23.1 Å². The third kappa shape index (κ3) is 3.36. The summed E-state index contributed by atoms with van der Waals surface area (Å²) in [5, 5.41) is 7.99. The molecule has 0 bridgehead atoms. The Balaban J connectivity index is 1.64. The number of aryl methyl sites for hydroxylation is 1. The maximum Gasteiger partial charge on any atom is 0.132 e. The molecule has 108 valence electrons. The maximum absolute atomic E-state index is 13.7. The molecule has 0 aliphatic heterocycles. The average molecular weight is 292 g/mol. The Morgan fingerprint density at radius 2 is 1.95 bits per heavy atom. The normalized spacial score (nSPS) is 10.0. The highest BCUT2D eigenvalue weighted by atomic mass is 19.1. The van der Waals surface area contributed by atoms with Crippen LogP contribution in [0.5, 0.6) is 0 Å². The second-order valence-corrected chi connectivity index (χ2v) is 4.61. The second-order valence-electron chi connectivity index (χ2n) is 4.61. The monoisotopic (exact) mass is 292 g/mol. The molecule has 3 rings (SSSR count). The van der Waals surface area contributed by atoms with E-state index in [4.69, 9.17) is 0 Å². The SMILES string of the molecule is Fc1ccccc1-c1cn(CCC#Cc2ccccn2)nn1. The summed E-state index contributed by atoms with van der Waals surface area (Å²) in [6, 6.07) is 12.1. The molecule has 2 aromatic heterocycles. The van der Waals surface area contributed by atoms with E-state index >= 15 is 0 Å². The van der Waals surface area contributed by atoms with Crippen molar-refractivity contribution in [2.75, 3.05) is 0 Å². The van der Waals surface area contributed by atoms with E-state index in [0.29, 0.717) is 24.2 Å². The van der Waals surface area contributed by atoms with Crippen LogP contribution in [0.3, 0.4) is 0 Å². The maximum atomic E-state index is 13.7. The van der Waals surface area contributed by atoms with Gasteiger partial charge in [-0.05, 0) is 30.2 Å². The van der Waals surface area contributed by atoms with Crippen LogP contribution in [0.4, 0.5) is 4.39 Å². The molecular formula is C17H13FN4. The summed E-state index contributed by atoms with van der Waals surface area (Å²) < 4.78 is 15.3. The predicted molar refractivity (Wildman–Crippen MR) is 81.1 cm³/mol. The molecule has 22 heavy (non-hydrogen) atoms. The fourth-order valence-electron chi connectivity index (χ4n) is 1.96. The lowest BCUT2D eigenvalue weighted by Crippen LogP contribution is -1.97. The lowest BCUT2D eigenvalue weighted by molar-refractivity contribution is 0.601. The standard InChI is InChI=1S/C17H13FN4/c18-16-10-2-1-9-15(16)17-13-22(21-20-17)12-6-4-8-14-7-3-5-11-19-14/h1-3,5,7,9-11,13H,6,12H2. The Hall–Kier alpha value is -3.00. The van der Waals surface area contributed by atoms with Crippen LogP contribution in [0.25, 0.3) is 11.3 Å². The zero-order valence-corrected chi connectivity index (χ0v) is 11.8. The fraction of sp³-hybridized carbons (Fsp3) is 0.118. The average Bonchev–Trinajstić information content (AvgIpc) is 3.02. The highest BCUT2D eigenvalue weighted by Crippen LogP contribution is 2.19. The number of rotatable bonds is 3. The first kappa shape index (κ1) is 14.0. The van der Waals surface area contributed by atoms with Crippen LogP contribution in [-0.4, -0.2) is 20.0 Å². The summed E-state index contributed by atoms with van der Waals surface area (Å²) in [6.45, 7) is 0.598. The van der Waals surface area contributed by atoms with Gasteiger partial charge in [0, 0.05) is 18.2 Å². The van der Waals surface area contributed by atoms with Crippen molar-refractivity contribution < 1.29 is 4.39 Å². The number of pyridine rings is 1. The molecule has 5 heteroatoms. The summed E-state index contributed by atoms with van der Waals surface area (Å²) in [6.07, 6.45) is 4.06. The first-order valence-electron chi connectivity index (χ1n) is 6.88. The molecule has 2 heterocycles. The largest absolute Gasteiger partial charge is 0.251 e. The number of nitrogens with zero attached hydrogens (tertiary/aromatic N) is 4. The molecule has 0 radical (unpaired) electrons. The van der Waals surface area contributed by atoms with Gasteiger partial charge >= 0.3 is 0 Å². The summed E-state index contributed by atoms with van der Waals surface area (Å²) in [7, 11) is 0. The van der Waals surface area contributed by atoms with E-state index in [1.54, 1.807) is 35.3 Å². The molecule has 0 aliphatic carbocycles. The molecule has 3 aromatic rings. The topological polar surface area (TPSA) is 43.6 Å². The summed E-state index contributed by atoms with van der Waals surface area (Å²) in [4.78, 5) is 4.13. The van der Waals surface area contributed by atoms with E-state index < -0.39 is 0 Å². The third-order valence-corrected chi connectivity index (χ3v) is 3.04. The molecule has 0 atom stereocenters. The molecule has 0 unspecified atom stereocenters. The zero-order chi connectivity index (χ0) is 15.2. The van der Waals surface area contributed by atoms with Crippen LogP contribution in [-0.2, 0) is 6.54 Å². The Morgan fingerprint density at radius 3 is 2.77 bits per heavy atom. The van der Waals surface area contributed by atoms with E-state index in [1.165, 1.54) is 6.07 Å². The van der Waals surface area contributed by atoms with Crippen molar-refractivity contribution in [1.29, 1.82) is 0 Å². The van der Waals surface area contributed by atoms with Crippen LogP contribution < -0.4 is 0 Å². The number of hydrogen-bond donors (Lipinski definition) is 0. The minimum absolute atomic E-state index is 0.301. The smallest absolute Gasteiger partial charge is 0.132 e. The molecule has 0 saturated heterocycles. The van der Waals surface area contributed by atoms with Gasteiger partial charge in [0.1, 0.15) is 17.2 Å². The Kier molecular flexibility index (Phi) is 4.21. The number of halogens is 1. The minimum atomic E-state index is -0.301. The lowest BCUT2D eigenvalue weighted by atomic mass is 10.1. The summed E-state index contributed by atoms with van der Waals surface area (Å²) >= 11 is 0. The van der Waals surface area contributed by atoms with Gasteiger partial charge in [0.15, 0.2) is 0 Å². The summed E-state index contributed by atoms with van der Waals surface area (Å²) in [5.74, 6) is 5.71. The Labute approximate surface area is 127 Å². The van der Waals surface area contributed by atoms with E-state index in [-0.39, 0.29) is 5.82 Å². The van der Waals surface area contributed by atoms with Crippen LogP contribution in [0, 0.1) is 17.7 Å². The van der Waals surface area contributed by atoms with Gasteiger partial charge in [-0.15, -0.1) is 5.10 Å². The quantitative estimate of drug-likeness (QED) is 0.697. The van der Waals surface area contributed by atoms with Crippen LogP contribution in [0.2, 0.25) is 0 Å². The van der Waals surface area contributed by atoms with E-state index in [1.807, 2.05) is 18.2 Å². The van der Waals surface area contributed by atoms with Gasteiger partial charge in [-0.1, -0.05) is 29.3 Å². The number of hydrogen-bond acceptors (Lipinski definition) is 3. The van der Waals surface area contributed by atoms with E-state index in [9.17, 15) is 4.39 Å². The number of benzene rings is 1. The van der Waals surface area contributed by atoms with Crippen molar-refractivity contribution in [3.05, 3.63) is 66.4 Å². The van der Waals surface area contributed by atoms with Gasteiger partial charge in [0.25, 0.3) is 0 Å². The van der Waals surface area contributed by atoms with Gasteiger partial charge in [-0.25, -0.2) is 9.37 Å². The van der Waals surface area contributed by atoms with Gasteiger partial charge in [-0.2, -0.15) is 0 Å². The van der Waals surface area contributed by atoms with Crippen molar-refractivity contribution in [1.82, 2.24) is 20.0 Å². The van der Waals surface area contributed by atoms with Crippen LogP contribution in [0.1, 0.15) is 12.1 Å². The molecule has 0 spiro atoms. The Morgan fingerprint density at radius 1 is 1.09 bits per heavy atom. The van der Waals surface area contributed by atoms with Crippen LogP contribution >= 0.6 is 0 Å². The highest BCUT2D eigenvalue weighted by molar-refractivity contribution is 5.58. The molecule has 4 nitrogen and oxygen atoms in total. The third-order valence-electron chi connectivity index (χ3n) is 3.04. The van der Waals surface area contributed by atoms with Crippen molar-refractivity contribution in [2.24, 2.45) is 0 Å². The number of aromatic nitrogens is 4. The van der Waals surface area contributed by atoms with Crippen molar-refractivity contribution in [2.45, 2.75) is 13.0 Å². The zero-order valence-electron chi connectivity index (χ0n) is 11.8. The van der Waals surface area contributed by atoms with E-state index in [0.717, 1.165) is 5.69 Å². The predicted octanol–water partition coefficient (Wildman–Crippen LogP) is 2.92. The minimum Gasteiger partial charge on any atom is -0.251 e. The van der Waals surface area contributed by atoms with E-state index in [2.05, 4.69) is 27.1 Å². The van der Waals surface area contributed by atoms with Crippen molar-refractivity contribution >= 4 is 0 Å². The van der Waals surface area contributed by atoms with Crippen LogP contribution in [0.15, 0.2) is 54.9 Å². The first-order valence-corrected chi connectivity index (χ1v) is 6.88. The molecular weight excluding hydrogens is 279 g/mol. The Bertz CT molecular complexity index is 815. The molecule has 1 aromatic carbocycles. The van der Waals surface area contributed by atoms with Gasteiger partial charge in [0.2, 0.25) is 0 Å². The molecule has 0 fully saturated rings. The highest BCUT2D eigenvalue weighted by Gasteiger charge is 2.07. The van der Waals surface area contributed by atoms with Gasteiger partial charge in [-0.3, -0.25) is 4.68 Å². The van der Waals surface area contributed by atoms with Gasteiger partial charge < -0.3 is 0 Å². The molecule has 0 N–H and O–H groups in total. The summed E-state index contributed by atoms with van der Waals surface area (Å²) in [5.41, 5.74) is 1.72. The molecule has 0 saturated carbocycles. The van der Waals surface area contributed by atoms with Gasteiger partial charge in [0.05, 0.1) is 12.7 Å².